The largest absolute Gasteiger partial charge is 0.382 e. The van der Waals surface area contributed by atoms with Crippen molar-refractivity contribution in [2.45, 2.75) is 63.1 Å². The van der Waals surface area contributed by atoms with Crippen LogP contribution < -0.4 is 16.0 Å². The molecule has 2 aliphatic heterocycles. The van der Waals surface area contributed by atoms with Crippen LogP contribution >= 0.6 is 48.3 Å². The van der Waals surface area contributed by atoms with E-state index < -0.39 is 6.04 Å². The van der Waals surface area contributed by atoms with Crippen molar-refractivity contribution in [3.63, 3.8) is 0 Å². The van der Waals surface area contributed by atoms with E-state index in [-0.39, 0.29) is 42.7 Å². The van der Waals surface area contributed by atoms with Crippen LogP contribution in [0, 0.1) is 5.92 Å². The van der Waals surface area contributed by atoms with Crippen molar-refractivity contribution in [2.75, 3.05) is 41.5 Å². The van der Waals surface area contributed by atoms with Crippen LogP contribution in [0.15, 0.2) is 30.3 Å². The van der Waals surface area contributed by atoms with Crippen LogP contribution in [0.25, 0.3) is 0 Å². The maximum Gasteiger partial charge on any atom is 0.246 e. The molecule has 3 aliphatic rings. The maximum absolute atomic E-state index is 13.4. The van der Waals surface area contributed by atoms with Crippen molar-refractivity contribution < 1.29 is 9.59 Å². The molecule has 0 spiro atoms. The normalized spacial score (nSPS) is 21.9. The van der Waals surface area contributed by atoms with E-state index in [9.17, 15) is 9.59 Å². The third-order valence-corrected chi connectivity index (χ3v) is 9.18. The third-order valence-electron chi connectivity index (χ3n) is 6.96. The van der Waals surface area contributed by atoms with Crippen LogP contribution in [0.5, 0.6) is 0 Å². The van der Waals surface area contributed by atoms with Crippen molar-refractivity contribution >= 4 is 65.8 Å². The van der Waals surface area contributed by atoms with Gasteiger partial charge in [-0.05, 0) is 49.5 Å². The van der Waals surface area contributed by atoms with E-state index in [1.165, 1.54) is 32.1 Å². The van der Waals surface area contributed by atoms with Gasteiger partial charge in [0.05, 0.1) is 6.04 Å². The molecule has 3 fully saturated rings. The lowest BCUT2D eigenvalue weighted by molar-refractivity contribution is -0.136. The molecule has 2 saturated heterocycles. The third kappa shape index (κ3) is 9.54. The fraction of sp³-hybridized carbons (Fsp3) is 0.680. The van der Waals surface area contributed by atoms with Crippen molar-refractivity contribution in [3.8, 4) is 0 Å². The highest BCUT2D eigenvalue weighted by Gasteiger charge is 2.32. The van der Waals surface area contributed by atoms with E-state index in [2.05, 4.69) is 28.1 Å². The molecule has 2 amide bonds. The molecule has 0 aromatic heterocycles. The Morgan fingerprint density at radius 2 is 1.77 bits per heavy atom. The summed E-state index contributed by atoms with van der Waals surface area (Å²) in [7, 11) is 0. The summed E-state index contributed by atoms with van der Waals surface area (Å²) in [6.45, 7) is 1.47. The second-order valence-electron chi connectivity index (χ2n) is 9.48. The Morgan fingerprint density at radius 3 is 2.43 bits per heavy atom. The van der Waals surface area contributed by atoms with Gasteiger partial charge in [0.15, 0.2) is 0 Å². The maximum atomic E-state index is 13.4. The number of anilines is 1. The molecule has 1 aliphatic carbocycles. The molecule has 6 nitrogen and oxygen atoms in total. The molecule has 0 radical (unpaired) electrons. The molecule has 2 heterocycles. The zero-order valence-electron chi connectivity index (χ0n) is 20.3. The highest BCUT2D eigenvalue weighted by molar-refractivity contribution is 7.99. The molecule has 3 N–H and O–H groups in total. The molecule has 2 atom stereocenters. The summed E-state index contributed by atoms with van der Waals surface area (Å²) in [5, 5.41) is 9.92. The lowest BCUT2D eigenvalue weighted by atomic mass is 9.91. The van der Waals surface area contributed by atoms with Crippen molar-refractivity contribution in [3.05, 3.63) is 30.3 Å². The Bertz CT molecular complexity index is 757. The SMILES string of the molecule is Cl.Cl.O=C(N[C@@H](CSCC1CCCCC1)C(=O)N1CCC(Nc2ccccc2)CC1)[C@@H]1CSCN1. The lowest BCUT2D eigenvalue weighted by Gasteiger charge is -2.35. The van der Waals surface area contributed by atoms with Crippen LogP contribution in [-0.2, 0) is 9.59 Å². The van der Waals surface area contributed by atoms with E-state index in [1.54, 1.807) is 11.8 Å². The molecule has 10 heteroatoms. The molecular weight excluding hydrogens is 523 g/mol. The van der Waals surface area contributed by atoms with Gasteiger partial charge >= 0.3 is 0 Å². The Labute approximate surface area is 231 Å². The summed E-state index contributed by atoms with van der Waals surface area (Å²) >= 11 is 3.58. The molecule has 0 bridgehead atoms. The second kappa shape index (κ2) is 16.1. The molecule has 0 unspecified atom stereocenters. The van der Waals surface area contributed by atoms with E-state index in [0.717, 1.165) is 54.9 Å². The number of benzene rings is 1. The number of hydrogen-bond acceptors (Lipinski definition) is 6. The highest BCUT2D eigenvalue weighted by Crippen LogP contribution is 2.27. The minimum absolute atomic E-state index is 0. The van der Waals surface area contributed by atoms with Gasteiger partial charge in [0, 0.05) is 42.2 Å². The number of nitrogens with one attached hydrogen (secondary N) is 3. The topological polar surface area (TPSA) is 73.5 Å². The Hall–Kier alpha value is -0.800. The minimum atomic E-state index is -0.433. The van der Waals surface area contributed by atoms with Crippen molar-refractivity contribution in [1.82, 2.24) is 15.5 Å². The van der Waals surface area contributed by atoms with E-state index in [4.69, 9.17) is 0 Å². The Morgan fingerprint density at radius 1 is 1.06 bits per heavy atom. The summed E-state index contributed by atoms with van der Waals surface area (Å²) in [5.41, 5.74) is 1.13. The first-order valence-corrected chi connectivity index (χ1v) is 14.8. The monoisotopic (exact) mass is 562 g/mol. The average molecular weight is 564 g/mol. The predicted molar refractivity (Wildman–Crippen MR) is 154 cm³/mol. The van der Waals surface area contributed by atoms with Gasteiger partial charge in [0.2, 0.25) is 11.8 Å². The average Bonchev–Trinajstić information content (AvgIpc) is 3.40. The van der Waals surface area contributed by atoms with E-state index in [0.29, 0.717) is 11.8 Å². The van der Waals surface area contributed by atoms with Gasteiger partial charge in [-0.25, -0.2) is 0 Å². The summed E-state index contributed by atoms with van der Waals surface area (Å²) < 4.78 is 0. The van der Waals surface area contributed by atoms with E-state index in [1.807, 2.05) is 34.9 Å². The first-order valence-electron chi connectivity index (χ1n) is 12.5. The van der Waals surface area contributed by atoms with E-state index >= 15 is 0 Å². The predicted octanol–water partition coefficient (Wildman–Crippen LogP) is 4.39. The molecule has 1 saturated carbocycles. The Balaban J connectivity index is 0.00000216. The van der Waals surface area contributed by atoms with Gasteiger partial charge in [-0.3, -0.25) is 14.9 Å². The zero-order valence-corrected chi connectivity index (χ0v) is 23.6. The number of carbonyl (C=O) groups is 2. The van der Waals surface area contributed by atoms with Crippen LogP contribution in [-0.4, -0.2) is 71.1 Å². The zero-order chi connectivity index (χ0) is 22.9. The number of thioether (sulfide) groups is 2. The minimum Gasteiger partial charge on any atom is -0.382 e. The first kappa shape index (κ1) is 30.4. The summed E-state index contributed by atoms with van der Waals surface area (Å²) in [6.07, 6.45) is 8.50. The first-order chi connectivity index (χ1) is 16.2. The van der Waals surface area contributed by atoms with Crippen LogP contribution in [0.1, 0.15) is 44.9 Å². The van der Waals surface area contributed by atoms with Gasteiger partial charge in [-0.15, -0.1) is 36.6 Å². The molecular formula is C25H40Cl2N4O2S2. The summed E-state index contributed by atoms with van der Waals surface area (Å²) in [6, 6.07) is 10.0. The number of piperidine rings is 1. The van der Waals surface area contributed by atoms with Crippen molar-refractivity contribution in [2.24, 2.45) is 5.92 Å². The van der Waals surface area contributed by atoms with Crippen LogP contribution in [0.4, 0.5) is 5.69 Å². The van der Waals surface area contributed by atoms with Gasteiger partial charge in [-0.2, -0.15) is 11.8 Å². The Kier molecular flexibility index (Phi) is 14.0. The van der Waals surface area contributed by atoms with Gasteiger partial charge in [-0.1, -0.05) is 37.5 Å². The smallest absolute Gasteiger partial charge is 0.246 e. The summed E-state index contributed by atoms with van der Waals surface area (Å²) in [5.74, 6) is 4.17. The fourth-order valence-electron chi connectivity index (χ4n) is 4.95. The summed E-state index contributed by atoms with van der Waals surface area (Å²) in [4.78, 5) is 28.2. The molecule has 4 rings (SSSR count). The number of likely N-dealkylation sites (tertiary alicyclic amines) is 1. The van der Waals surface area contributed by atoms with Crippen molar-refractivity contribution in [1.29, 1.82) is 0 Å². The number of amides is 2. The number of hydrogen-bond donors (Lipinski definition) is 3. The van der Waals surface area contributed by atoms with Gasteiger partial charge < -0.3 is 15.5 Å². The number of nitrogens with zero attached hydrogens (tertiary/aromatic N) is 1. The second-order valence-corrected chi connectivity index (χ2v) is 11.6. The number of halogens is 2. The number of carbonyl (C=O) groups excluding carboxylic acids is 2. The van der Waals surface area contributed by atoms with Gasteiger partial charge in [0.1, 0.15) is 6.04 Å². The standard InChI is InChI=1S/C25H38N4O2S2.2ClH/c30-24(22-16-33-18-26-22)28-23(17-32-15-19-7-3-1-4-8-19)25(31)29-13-11-21(12-14-29)27-20-9-5-2-6-10-20;;/h2,5-6,9-10,19,21-23,26-27H,1,3-4,7-8,11-18H2,(H,28,30);2*1H/t22-,23-;;/m0../s1. The lowest BCUT2D eigenvalue weighted by Crippen LogP contribution is -2.55. The number of rotatable bonds is 9. The molecule has 35 heavy (non-hydrogen) atoms. The molecule has 1 aromatic carbocycles. The van der Waals surface area contributed by atoms with Gasteiger partial charge in [0.25, 0.3) is 0 Å². The fourth-order valence-corrected chi connectivity index (χ4v) is 7.16. The van der Waals surface area contributed by atoms with Crippen LogP contribution in [0.3, 0.4) is 0 Å². The number of para-hydroxylation sites is 1. The quantitative estimate of drug-likeness (QED) is 0.414. The molecule has 1 aromatic rings. The van der Waals surface area contributed by atoms with Crippen LogP contribution in [0.2, 0.25) is 0 Å². The highest BCUT2D eigenvalue weighted by atomic mass is 35.5. The molecule has 198 valence electrons.